The number of fused-ring (bicyclic) bond motifs is 2. The average Bonchev–Trinajstić information content (AvgIpc) is 3.30. The fraction of sp³-hybridized carbons (Fsp3) is 0.650. The molecule has 1 aromatic rings. The van der Waals surface area contributed by atoms with Gasteiger partial charge in [0.15, 0.2) is 0 Å². The fourth-order valence-corrected chi connectivity index (χ4v) is 5.07. The van der Waals surface area contributed by atoms with Crippen LogP contribution < -0.4 is 10.2 Å². The molecule has 3 nitrogen and oxygen atoms in total. The SMILES string of the molecule is O=C(CC1CC2CCC1C2)NCC1CCN(c2ccccc2)C1. The van der Waals surface area contributed by atoms with Crippen molar-refractivity contribution in [3.8, 4) is 0 Å². The number of rotatable bonds is 5. The van der Waals surface area contributed by atoms with Crippen molar-refractivity contribution in [1.82, 2.24) is 5.32 Å². The minimum atomic E-state index is 0.292. The van der Waals surface area contributed by atoms with Crippen LogP contribution in [0.5, 0.6) is 0 Å². The van der Waals surface area contributed by atoms with Gasteiger partial charge in [0.2, 0.25) is 5.91 Å². The number of benzene rings is 1. The van der Waals surface area contributed by atoms with Crippen LogP contribution in [-0.4, -0.2) is 25.5 Å². The Morgan fingerprint density at radius 1 is 1.13 bits per heavy atom. The summed E-state index contributed by atoms with van der Waals surface area (Å²) in [4.78, 5) is 14.7. The van der Waals surface area contributed by atoms with E-state index < -0.39 is 0 Å². The zero-order valence-electron chi connectivity index (χ0n) is 13.9. The zero-order chi connectivity index (χ0) is 15.6. The molecule has 1 N–H and O–H groups in total. The molecule has 2 bridgehead atoms. The van der Waals surface area contributed by atoms with Crippen LogP contribution >= 0.6 is 0 Å². The van der Waals surface area contributed by atoms with Crippen molar-refractivity contribution in [2.24, 2.45) is 23.7 Å². The van der Waals surface area contributed by atoms with Gasteiger partial charge in [-0.25, -0.2) is 0 Å². The molecule has 1 aliphatic heterocycles. The Morgan fingerprint density at radius 3 is 2.74 bits per heavy atom. The summed E-state index contributed by atoms with van der Waals surface area (Å²) >= 11 is 0. The Morgan fingerprint density at radius 2 is 2.00 bits per heavy atom. The number of anilines is 1. The molecule has 4 rings (SSSR count). The van der Waals surface area contributed by atoms with E-state index in [1.54, 1.807) is 0 Å². The van der Waals surface area contributed by atoms with Gasteiger partial charge in [-0.05, 0) is 61.5 Å². The van der Waals surface area contributed by atoms with Crippen LogP contribution in [0, 0.1) is 23.7 Å². The van der Waals surface area contributed by atoms with Gasteiger partial charge < -0.3 is 10.2 Å². The molecule has 3 fully saturated rings. The minimum absolute atomic E-state index is 0.292. The largest absolute Gasteiger partial charge is 0.371 e. The summed E-state index contributed by atoms with van der Waals surface area (Å²) in [5.74, 6) is 3.36. The van der Waals surface area contributed by atoms with Crippen molar-refractivity contribution in [2.75, 3.05) is 24.5 Å². The Kier molecular flexibility index (Phi) is 4.28. The quantitative estimate of drug-likeness (QED) is 0.903. The maximum absolute atomic E-state index is 12.3. The molecular weight excluding hydrogens is 284 g/mol. The third-order valence-electron chi connectivity index (χ3n) is 6.33. The summed E-state index contributed by atoms with van der Waals surface area (Å²) in [7, 11) is 0. The van der Waals surface area contributed by atoms with Crippen molar-refractivity contribution >= 4 is 11.6 Å². The van der Waals surface area contributed by atoms with Crippen molar-refractivity contribution < 1.29 is 4.79 Å². The van der Waals surface area contributed by atoms with Gasteiger partial charge in [-0.1, -0.05) is 24.6 Å². The van der Waals surface area contributed by atoms with Gasteiger partial charge in [-0.2, -0.15) is 0 Å². The molecule has 0 radical (unpaired) electrons. The van der Waals surface area contributed by atoms with Gasteiger partial charge in [-0.15, -0.1) is 0 Å². The second-order valence-electron chi connectivity index (χ2n) is 7.88. The Bertz CT molecular complexity index is 544. The van der Waals surface area contributed by atoms with Crippen LogP contribution in [0.15, 0.2) is 30.3 Å². The zero-order valence-corrected chi connectivity index (χ0v) is 13.9. The standard InChI is InChI=1S/C20H28N2O/c23-20(12-18-11-15-6-7-17(18)10-15)21-13-16-8-9-22(14-16)19-4-2-1-3-5-19/h1-5,15-18H,6-14H2,(H,21,23). The predicted octanol–water partition coefficient (Wildman–Crippen LogP) is 3.46. The van der Waals surface area contributed by atoms with Crippen LogP contribution in [0.1, 0.15) is 38.5 Å². The smallest absolute Gasteiger partial charge is 0.220 e. The van der Waals surface area contributed by atoms with Crippen molar-refractivity contribution in [2.45, 2.75) is 38.5 Å². The molecule has 3 aliphatic rings. The van der Waals surface area contributed by atoms with E-state index in [2.05, 4.69) is 40.5 Å². The first-order valence-electron chi connectivity index (χ1n) is 9.34. The third kappa shape index (κ3) is 3.39. The molecule has 124 valence electrons. The number of carbonyl (C=O) groups excluding carboxylic acids is 1. The average molecular weight is 312 g/mol. The minimum Gasteiger partial charge on any atom is -0.371 e. The molecule has 0 aromatic heterocycles. The van der Waals surface area contributed by atoms with Gasteiger partial charge in [-0.3, -0.25) is 4.79 Å². The van der Waals surface area contributed by atoms with Crippen LogP contribution in [0.3, 0.4) is 0 Å². The van der Waals surface area contributed by atoms with Gasteiger partial charge in [0.25, 0.3) is 0 Å². The van der Waals surface area contributed by atoms with E-state index in [9.17, 15) is 4.79 Å². The van der Waals surface area contributed by atoms with Gasteiger partial charge in [0.05, 0.1) is 0 Å². The maximum atomic E-state index is 12.3. The number of amides is 1. The molecule has 1 saturated heterocycles. The maximum Gasteiger partial charge on any atom is 0.220 e. The molecule has 1 amide bonds. The highest BCUT2D eigenvalue weighted by molar-refractivity contribution is 5.76. The summed E-state index contributed by atoms with van der Waals surface area (Å²) in [5.41, 5.74) is 1.31. The lowest BCUT2D eigenvalue weighted by Gasteiger charge is -2.21. The highest BCUT2D eigenvalue weighted by Gasteiger charge is 2.40. The van der Waals surface area contributed by atoms with Gasteiger partial charge in [0, 0.05) is 31.7 Å². The van der Waals surface area contributed by atoms with E-state index in [1.165, 1.54) is 37.8 Å². The van der Waals surface area contributed by atoms with Crippen LogP contribution in [-0.2, 0) is 4.79 Å². The number of hydrogen-bond donors (Lipinski definition) is 1. The highest BCUT2D eigenvalue weighted by Crippen LogP contribution is 2.49. The Labute approximate surface area is 139 Å². The summed E-state index contributed by atoms with van der Waals surface area (Å²) in [6, 6.07) is 10.6. The number of nitrogens with one attached hydrogen (secondary N) is 1. The second-order valence-corrected chi connectivity index (χ2v) is 7.88. The predicted molar refractivity (Wildman–Crippen MR) is 93.3 cm³/mol. The monoisotopic (exact) mass is 312 g/mol. The Balaban J connectivity index is 1.20. The lowest BCUT2D eigenvalue weighted by atomic mass is 9.86. The molecule has 4 atom stereocenters. The lowest BCUT2D eigenvalue weighted by molar-refractivity contribution is -0.122. The van der Waals surface area contributed by atoms with E-state index in [1.807, 2.05) is 0 Å². The topological polar surface area (TPSA) is 32.3 Å². The Hall–Kier alpha value is -1.51. The number of carbonyl (C=O) groups is 1. The second kappa shape index (κ2) is 6.54. The molecular formula is C20H28N2O. The van der Waals surface area contributed by atoms with Gasteiger partial charge >= 0.3 is 0 Å². The first kappa shape index (κ1) is 15.0. The van der Waals surface area contributed by atoms with E-state index in [-0.39, 0.29) is 0 Å². The molecule has 3 heteroatoms. The number of nitrogens with zero attached hydrogens (tertiary/aromatic N) is 1. The summed E-state index contributed by atoms with van der Waals surface area (Å²) in [6.07, 6.45) is 7.45. The molecule has 2 aliphatic carbocycles. The lowest BCUT2D eigenvalue weighted by Crippen LogP contribution is -2.32. The third-order valence-corrected chi connectivity index (χ3v) is 6.33. The number of hydrogen-bond acceptors (Lipinski definition) is 2. The van der Waals surface area contributed by atoms with Crippen LogP contribution in [0.2, 0.25) is 0 Å². The summed E-state index contributed by atoms with van der Waals surface area (Å²) in [6.45, 7) is 3.03. The summed E-state index contributed by atoms with van der Waals surface area (Å²) < 4.78 is 0. The van der Waals surface area contributed by atoms with E-state index in [4.69, 9.17) is 0 Å². The first-order chi connectivity index (χ1) is 11.3. The van der Waals surface area contributed by atoms with Crippen molar-refractivity contribution in [1.29, 1.82) is 0 Å². The molecule has 2 saturated carbocycles. The molecule has 23 heavy (non-hydrogen) atoms. The molecule has 1 aromatic carbocycles. The van der Waals surface area contributed by atoms with E-state index >= 15 is 0 Å². The van der Waals surface area contributed by atoms with Crippen LogP contribution in [0.25, 0.3) is 0 Å². The fourth-order valence-electron chi connectivity index (χ4n) is 5.07. The van der Waals surface area contributed by atoms with E-state index in [0.29, 0.717) is 17.7 Å². The highest BCUT2D eigenvalue weighted by atomic mass is 16.1. The van der Waals surface area contributed by atoms with Gasteiger partial charge in [0.1, 0.15) is 0 Å². The molecule has 0 spiro atoms. The summed E-state index contributed by atoms with van der Waals surface area (Å²) in [5, 5.41) is 3.22. The first-order valence-corrected chi connectivity index (χ1v) is 9.34. The van der Waals surface area contributed by atoms with Crippen molar-refractivity contribution in [3.63, 3.8) is 0 Å². The van der Waals surface area contributed by atoms with Crippen molar-refractivity contribution in [3.05, 3.63) is 30.3 Å². The molecule has 1 heterocycles. The normalized spacial score (nSPS) is 32.4. The van der Waals surface area contributed by atoms with Crippen LogP contribution in [0.4, 0.5) is 5.69 Å². The number of para-hydroxylation sites is 1. The molecule has 4 unspecified atom stereocenters. The van der Waals surface area contributed by atoms with E-state index in [0.717, 1.165) is 37.9 Å².